The van der Waals surface area contributed by atoms with Crippen molar-refractivity contribution in [3.8, 4) is 0 Å². The molecule has 0 spiro atoms. The smallest absolute Gasteiger partial charge is 0.270 e. The fourth-order valence-corrected chi connectivity index (χ4v) is 3.04. The van der Waals surface area contributed by atoms with Crippen LogP contribution in [0, 0.1) is 6.92 Å². The highest BCUT2D eigenvalue weighted by atomic mass is 32.1. The molecule has 3 rings (SSSR count). The van der Waals surface area contributed by atoms with Gasteiger partial charge in [-0.05, 0) is 25.8 Å². The summed E-state index contributed by atoms with van der Waals surface area (Å²) in [6, 6.07) is 1.80. The zero-order valence-corrected chi connectivity index (χ0v) is 12.5. The standard InChI is InChI=1S/C13H16N6OS/c1-9-16-13(21-18-9)19-6-3-10(4-7-19)17-12(20)11-2-5-14-8-15-11/h2,5,8,10H,3-4,6-7H2,1H3,(H,17,20). The summed E-state index contributed by atoms with van der Waals surface area (Å²) >= 11 is 1.43. The molecule has 0 aromatic carbocycles. The van der Waals surface area contributed by atoms with Crippen LogP contribution in [0.5, 0.6) is 0 Å². The Kier molecular flexibility index (Phi) is 4.05. The number of aryl methyl sites for hydroxylation is 1. The van der Waals surface area contributed by atoms with Crippen molar-refractivity contribution in [1.29, 1.82) is 0 Å². The molecule has 1 aliphatic rings. The number of nitrogens with one attached hydrogen (secondary N) is 1. The van der Waals surface area contributed by atoms with Gasteiger partial charge in [-0.3, -0.25) is 4.79 Å². The predicted octanol–water partition coefficient (Wildman–Crippen LogP) is 1.04. The van der Waals surface area contributed by atoms with E-state index in [0.717, 1.165) is 36.9 Å². The van der Waals surface area contributed by atoms with Crippen molar-refractivity contribution in [2.24, 2.45) is 0 Å². The quantitative estimate of drug-likeness (QED) is 0.912. The Labute approximate surface area is 126 Å². The van der Waals surface area contributed by atoms with E-state index >= 15 is 0 Å². The number of hydrogen-bond donors (Lipinski definition) is 1. The molecule has 2 aromatic heterocycles. The first-order valence-corrected chi connectivity index (χ1v) is 7.62. The molecule has 0 radical (unpaired) electrons. The number of anilines is 1. The average Bonchev–Trinajstić information content (AvgIpc) is 2.95. The monoisotopic (exact) mass is 304 g/mol. The first-order valence-electron chi connectivity index (χ1n) is 6.84. The van der Waals surface area contributed by atoms with E-state index < -0.39 is 0 Å². The van der Waals surface area contributed by atoms with Crippen molar-refractivity contribution >= 4 is 22.6 Å². The van der Waals surface area contributed by atoms with Gasteiger partial charge in [0.15, 0.2) is 0 Å². The lowest BCUT2D eigenvalue weighted by Gasteiger charge is -2.31. The van der Waals surface area contributed by atoms with E-state index in [1.807, 2.05) is 6.92 Å². The lowest BCUT2D eigenvalue weighted by atomic mass is 10.1. The van der Waals surface area contributed by atoms with E-state index in [1.54, 1.807) is 12.3 Å². The molecule has 1 amide bonds. The number of rotatable bonds is 3. The highest BCUT2D eigenvalue weighted by Gasteiger charge is 2.23. The lowest BCUT2D eigenvalue weighted by Crippen LogP contribution is -2.44. The van der Waals surface area contributed by atoms with Gasteiger partial charge in [0.2, 0.25) is 5.13 Å². The third kappa shape index (κ3) is 3.33. The van der Waals surface area contributed by atoms with Crippen molar-refractivity contribution < 1.29 is 4.79 Å². The number of carbonyl (C=O) groups is 1. The maximum absolute atomic E-state index is 12.0. The molecule has 21 heavy (non-hydrogen) atoms. The zero-order chi connectivity index (χ0) is 14.7. The van der Waals surface area contributed by atoms with Crippen LogP contribution in [0.4, 0.5) is 5.13 Å². The van der Waals surface area contributed by atoms with Crippen molar-refractivity contribution in [3.05, 3.63) is 30.1 Å². The number of nitrogens with zero attached hydrogens (tertiary/aromatic N) is 5. The molecule has 1 saturated heterocycles. The van der Waals surface area contributed by atoms with Gasteiger partial charge in [-0.2, -0.15) is 4.37 Å². The number of aromatic nitrogens is 4. The van der Waals surface area contributed by atoms with Crippen LogP contribution in [-0.4, -0.2) is 44.4 Å². The molecule has 3 heterocycles. The van der Waals surface area contributed by atoms with E-state index in [4.69, 9.17) is 0 Å². The molecule has 7 nitrogen and oxygen atoms in total. The second-order valence-electron chi connectivity index (χ2n) is 4.95. The predicted molar refractivity (Wildman–Crippen MR) is 79.4 cm³/mol. The Balaban J connectivity index is 1.53. The van der Waals surface area contributed by atoms with Crippen LogP contribution in [0.2, 0.25) is 0 Å². The second-order valence-corrected chi connectivity index (χ2v) is 5.68. The molecular formula is C13H16N6OS. The SMILES string of the molecule is Cc1nsc(N2CCC(NC(=O)c3ccncn3)CC2)n1. The van der Waals surface area contributed by atoms with Crippen LogP contribution in [0.3, 0.4) is 0 Å². The summed E-state index contributed by atoms with van der Waals surface area (Å²) < 4.78 is 4.20. The third-order valence-corrected chi connectivity index (χ3v) is 4.30. The number of piperidine rings is 1. The zero-order valence-electron chi connectivity index (χ0n) is 11.7. The fourth-order valence-electron chi connectivity index (χ4n) is 2.31. The first kappa shape index (κ1) is 13.9. The largest absolute Gasteiger partial charge is 0.348 e. The minimum Gasteiger partial charge on any atom is -0.348 e. The fraction of sp³-hybridized carbons (Fsp3) is 0.462. The molecule has 0 saturated carbocycles. The Morgan fingerprint density at radius 3 is 2.86 bits per heavy atom. The maximum Gasteiger partial charge on any atom is 0.270 e. The van der Waals surface area contributed by atoms with Gasteiger partial charge in [0, 0.05) is 36.9 Å². The normalized spacial score (nSPS) is 16.0. The molecule has 0 atom stereocenters. The molecular weight excluding hydrogens is 288 g/mol. The third-order valence-electron chi connectivity index (χ3n) is 3.43. The van der Waals surface area contributed by atoms with E-state index in [2.05, 4.69) is 29.5 Å². The molecule has 0 aliphatic carbocycles. The molecule has 0 bridgehead atoms. The summed E-state index contributed by atoms with van der Waals surface area (Å²) in [5.74, 6) is 0.678. The summed E-state index contributed by atoms with van der Waals surface area (Å²) in [5.41, 5.74) is 0.409. The molecule has 1 fully saturated rings. The van der Waals surface area contributed by atoms with Crippen molar-refractivity contribution in [2.45, 2.75) is 25.8 Å². The van der Waals surface area contributed by atoms with Crippen LogP contribution >= 0.6 is 11.5 Å². The summed E-state index contributed by atoms with van der Waals surface area (Å²) in [5, 5.41) is 3.99. The minimum atomic E-state index is -0.136. The first-order chi connectivity index (χ1) is 10.2. The molecule has 1 aliphatic heterocycles. The summed E-state index contributed by atoms with van der Waals surface area (Å²) in [7, 11) is 0. The Hall–Kier alpha value is -2.09. The van der Waals surface area contributed by atoms with Crippen molar-refractivity contribution in [3.63, 3.8) is 0 Å². The van der Waals surface area contributed by atoms with Crippen LogP contribution in [0.25, 0.3) is 0 Å². The van der Waals surface area contributed by atoms with E-state index in [1.165, 1.54) is 17.9 Å². The Morgan fingerprint density at radius 2 is 2.24 bits per heavy atom. The van der Waals surface area contributed by atoms with Crippen LogP contribution in [-0.2, 0) is 0 Å². The van der Waals surface area contributed by atoms with Gasteiger partial charge in [0.1, 0.15) is 17.8 Å². The number of amides is 1. The molecule has 2 aromatic rings. The van der Waals surface area contributed by atoms with Gasteiger partial charge >= 0.3 is 0 Å². The van der Waals surface area contributed by atoms with Gasteiger partial charge in [-0.25, -0.2) is 15.0 Å². The van der Waals surface area contributed by atoms with Crippen LogP contribution in [0.1, 0.15) is 29.2 Å². The minimum absolute atomic E-state index is 0.136. The van der Waals surface area contributed by atoms with Crippen molar-refractivity contribution in [1.82, 2.24) is 24.6 Å². The average molecular weight is 304 g/mol. The van der Waals surface area contributed by atoms with Crippen LogP contribution < -0.4 is 10.2 Å². The molecule has 110 valence electrons. The van der Waals surface area contributed by atoms with Crippen molar-refractivity contribution in [2.75, 3.05) is 18.0 Å². The Bertz CT molecular complexity index is 608. The van der Waals surface area contributed by atoms with Gasteiger partial charge in [0.05, 0.1) is 0 Å². The highest BCUT2D eigenvalue weighted by Crippen LogP contribution is 2.21. The summed E-state index contributed by atoms with van der Waals surface area (Å²) in [4.78, 5) is 26.4. The number of carbonyl (C=O) groups excluding carboxylic acids is 1. The highest BCUT2D eigenvalue weighted by molar-refractivity contribution is 7.09. The van der Waals surface area contributed by atoms with Gasteiger partial charge in [0.25, 0.3) is 5.91 Å². The number of hydrogen-bond acceptors (Lipinski definition) is 7. The van der Waals surface area contributed by atoms with Gasteiger partial charge in [-0.1, -0.05) is 0 Å². The Morgan fingerprint density at radius 1 is 1.43 bits per heavy atom. The molecule has 0 unspecified atom stereocenters. The van der Waals surface area contributed by atoms with E-state index in [0.29, 0.717) is 5.69 Å². The van der Waals surface area contributed by atoms with E-state index in [-0.39, 0.29) is 11.9 Å². The second kappa shape index (κ2) is 6.13. The van der Waals surface area contributed by atoms with Crippen LogP contribution in [0.15, 0.2) is 18.6 Å². The molecule has 1 N–H and O–H groups in total. The van der Waals surface area contributed by atoms with Gasteiger partial charge < -0.3 is 10.2 Å². The lowest BCUT2D eigenvalue weighted by molar-refractivity contribution is 0.0926. The topological polar surface area (TPSA) is 83.9 Å². The summed E-state index contributed by atoms with van der Waals surface area (Å²) in [6.07, 6.45) is 4.75. The maximum atomic E-state index is 12.0. The van der Waals surface area contributed by atoms with Gasteiger partial charge in [-0.15, -0.1) is 0 Å². The summed E-state index contributed by atoms with van der Waals surface area (Å²) in [6.45, 7) is 3.65. The molecule has 8 heteroatoms. The van der Waals surface area contributed by atoms with E-state index in [9.17, 15) is 4.79 Å².